The highest BCUT2D eigenvalue weighted by molar-refractivity contribution is 6.34. The lowest BCUT2D eigenvalue weighted by Crippen LogP contribution is -1.81. The number of halogens is 16. The van der Waals surface area contributed by atoms with Gasteiger partial charge in [-0.25, -0.2) is 0 Å². The van der Waals surface area contributed by atoms with Gasteiger partial charge < -0.3 is 0 Å². The lowest BCUT2D eigenvalue weighted by atomic mass is 10.1. The Labute approximate surface area is 564 Å². The summed E-state index contributed by atoms with van der Waals surface area (Å²) in [5.74, 6) is 0. The molecule has 0 N–H and O–H groups in total. The van der Waals surface area contributed by atoms with Gasteiger partial charge in [0.2, 0.25) is 0 Å². The smallest absolute Gasteiger partial charge is 0.0144 e. The van der Waals surface area contributed by atoms with E-state index >= 15 is 0 Å². The van der Waals surface area contributed by atoms with Gasteiger partial charge in [-0.05, 0) is 206 Å². The van der Waals surface area contributed by atoms with Crippen LogP contribution >= 0.6 is 186 Å². The third-order valence-electron chi connectivity index (χ3n) is 11.6. The summed E-state index contributed by atoms with van der Waals surface area (Å²) >= 11 is 102. The number of hydrogen-bond donors (Lipinski definition) is 0. The van der Waals surface area contributed by atoms with Crippen molar-refractivity contribution in [2.24, 2.45) is 0 Å². The molecule has 0 radical (unpaired) electrons. The molecule has 0 atom stereocenters. The van der Waals surface area contributed by atoms with Crippen LogP contribution in [0.3, 0.4) is 0 Å². The first-order valence-corrected chi connectivity index (χ1v) is 33.7. The van der Waals surface area contributed by atoms with Crippen molar-refractivity contribution in [1.82, 2.24) is 0 Å². The van der Waals surface area contributed by atoms with E-state index < -0.39 is 0 Å². The van der Waals surface area contributed by atoms with Gasteiger partial charge >= 0.3 is 0 Å². The highest BCUT2D eigenvalue weighted by Gasteiger charge is 2.04. The molecule has 0 nitrogen and oxygen atoms in total. The van der Waals surface area contributed by atoms with Gasteiger partial charge in [-0.15, -0.1) is 0 Å². The Bertz CT molecular complexity index is 2270. The summed E-state index contributed by atoms with van der Waals surface area (Å²) in [6, 6.07) is 0. The monoisotopic (exact) mass is 1410 g/mol. The summed E-state index contributed by atoms with van der Waals surface area (Å²) < 4.78 is 0. The van der Waals surface area contributed by atoms with E-state index in [-0.39, 0.29) is 0 Å². The highest BCUT2D eigenvalue weighted by Crippen LogP contribution is 2.27. The normalized spacial score (nSPS) is 15.6. The van der Waals surface area contributed by atoms with Crippen molar-refractivity contribution in [3.05, 3.63) is 178 Å². The number of rotatable bonds is 45. The lowest BCUT2D eigenvalue weighted by Gasteiger charge is -2.01. The van der Waals surface area contributed by atoms with E-state index in [9.17, 15) is 0 Å². The highest BCUT2D eigenvalue weighted by atomic mass is 35.5. The number of allylic oxidation sites excluding steroid dienone is 32. The van der Waals surface area contributed by atoms with Crippen molar-refractivity contribution in [3.63, 3.8) is 0 Å². The Morgan fingerprint density at radius 2 is 0.275 bits per heavy atom. The molecule has 0 amide bonds. The van der Waals surface area contributed by atoms with Crippen molar-refractivity contribution >= 4 is 186 Å². The Hall–Kier alpha value is 0.480. The Balaban J connectivity index is 4.32. The average molecular weight is 1420 g/mol. The summed E-state index contributed by atoms with van der Waals surface area (Å²) in [5.41, 5.74) is 0. The van der Waals surface area contributed by atoms with Crippen LogP contribution in [0.2, 0.25) is 0 Å². The molecule has 80 heavy (non-hydrogen) atoms. The van der Waals surface area contributed by atoms with Gasteiger partial charge in [0.15, 0.2) is 0 Å². The third kappa shape index (κ3) is 55.1. The fourth-order valence-electron chi connectivity index (χ4n) is 7.12. The summed E-state index contributed by atoms with van der Waals surface area (Å²) in [5, 5.41) is 12.8. The summed E-state index contributed by atoms with van der Waals surface area (Å²) in [4.78, 5) is 0. The van der Waals surface area contributed by atoms with Gasteiger partial charge in [-0.2, -0.15) is 0 Å². The molecule has 0 heterocycles. The molecule has 0 fully saturated rings. The summed E-state index contributed by atoms with van der Waals surface area (Å²) in [6.07, 6.45) is 54.7. The molecule has 0 aromatic rings. The van der Waals surface area contributed by atoms with E-state index in [0.29, 0.717) is 38.5 Å². The molecular formula is C64H82Cl16. The van der Waals surface area contributed by atoms with E-state index in [2.05, 4.69) is 0 Å². The topological polar surface area (TPSA) is 0 Å². The molecule has 450 valence electrons. The molecule has 0 rings (SSSR count). The third-order valence-corrected chi connectivity index (χ3v) is 17.0. The predicted molar refractivity (Wildman–Crippen MR) is 373 cm³/mol. The maximum atomic E-state index is 6.50. The van der Waals surface area contributed by atoms with Gasteiger partial charge in [0, 0.05) is 80.5 Å². The fraction of sp³-hybridized carbons (Fsp3) is 0.500. The molecule has 0 unspecified atom stereocenters. The van der Waals surface area contributed by atoms with Crippen LogP contribution in [-0.4, -0.2) is 0 Å². The second-order valence-electron chi connectivity index (χ2n) is 18.7. The van der Waals surface area contributed by atoms with Crippen molar-refractivity contribution in [1.29, 1.82) is 0 Å². The lowest BCUT2D eigenvalue weighted by molar-refractivity contribution is 0.939. The Morgan fingerprint density at radius 1 is 0.175 bits per heavy atom. The fourth-order valence-corrected chi connectivity index (χ4v) is 10.4. The van der Waals surface area contributed by atoms with Crippen LogP contribution in [0.4, 0.5) is 0 Å². The van der Waals surface area contributed by atoms with E-state index in [1.807, 2.05) is 111 Å². The minimum Gasteiger partial charge on any atom is -0.0898 e. The van der Waals surface area contributed by atoms with Gasteiger partial charge in [0.25, 0.3) is 0 Å². The maximum absolute atomic E-state index is 6.50. The van der Waals surface area contributed by atoms with Crippen LogP contribution in [-0.2, 0) is 0 Å². The van der Waals surface area contributed by atoms with Crippen molar-refractivity contribution in [3.8, 4) is 0 Å². The first-order chi connectivity index (χ1) is 38.2. The maximum Gasteiger partial charge on any atom is 0.0144 e. The largest absolute Gasteiger partial charge is 0.0898 e. The zero-order valence-corrected chi connectivity index (χ0v) is 58.6. The van der Waals surface area contributed by atoms with Crippen LogP contribution in [0, 0.1) is 0 Å². The molecule has 0 aliphatic carbocycles. The Kier molecular flexibility index (Phi) is 55.2. The Morgan fingerprint density at radius 3 is 0.375 bits per heavy atom. The van der Waals surface area contributed by atoms with Crippen LogP contribution in [0.1, 0.15) is 206 Å². The summed E-state index contributed by atoms with van der Waals surface area (Å²) in [7, 11) is 0. The molecule has 0 aromatic heterocycles. The van der Waals surface area contributed by atoms with Crippen molar-refractivity contribution < 1.29 is 0 Å². The van der Waals surface area contributed by atoms with E-state index in [4.69, 9.17) is 186 Å². The van der Waals surface area contributed by atoms with Gasteiger partial charge in [0.1, 0.15) is 0 Å². The van der Waals surface area contributed by atoms with Gasteiger partial charge in [-0.1, -0.05) is 283 Å². The molecule has 0 aliphatic heterocycles. The van der Waals surface area contributed by atoms with Crippen LogP contribution < -0.4 is 0 Å². The molecule has 0 spiro atoms. The van der Waals surface area contributed by atoms with E-state index in [1.165, 1.54) is 0 Å². The second kappa shape index (κ2) is 54.8. The molecule has 0 aromatic carbocycles. The van der Waals surface area contributed by atoms with Gasteiger partial charge in [-0.3, -0.25) is 0 Å². The van der Waals surface area contributed by atoms with E-state index in [1.54, 1.807) is 0 Å². The molecule has 16 heteroatoms. The first kappa shape index (κ1) is 80.5. The summed E-state index contributed by atoms with van der Waals surface area (Å²) in [6.45, 7) is 3.79. The SMILES string of the molecule is CC=C(Cl)CCC=C(Cl)CCC=C(Cl)CCC=C(Cl)CCC=C(Cl)CCC=C(Cl)CCC=C(Cl)CCC=C(Cl)CCC=C(Cl)CCC=C(Cl)CCC=C(Cl)CCC=C(Cl)CCC=C(Cl)CCC=C(Cl)CCC=C(Cl)CCC=C(C)Cl. The van der Waals surface area contributed by atoms with Crippen molar-refractivity contribution in [2.75, 3.05) is 0 Å². The zero-order chi connectivity index (χ0) is 59.8. The number of hydrogen-bond acceptors (Lipinski definition) is 0. The van der Waals surface area contributed by atoms with Crippen LogP contribution in [0.5, 0.6) is 0 Å². The second-order valence-corrected chi connectivity index (χ2v) is 26.6. The molecule has 0 saturated heterocycles. The quantitative estimate of drug-likeness (QED) is 0.0570. The van der Waals surface area contributed by atoms with Crippen molar-refractivity contribution in [2.45, 2.75) is 206 Å². The van der Waals surface area contributed by atoms with Crippen LogP contribution in [0.15, 0.2) is 178 Å². The van der Waals surface area contributed by atoms with E-state index in [0.717, 1.165) is 235 Å². The van der Waals surface area contributed by atoms with Gasteiger partial charge in [0.05, 0.1) is 0 Å². The van der Waals surface area contributed by atoms with Crippen LogP contribution in [0.25, 0.3) is 0 Å². The molecular weight excluding hydrogens is 1340 g/mol. The molecule has 0 aliphatic rings. The molecule has 0 bridgehead atoms. The molecule has 0 saturated carbocycles. The minimum absolute atomic E-state index is 0.710. The standard InChI is InChI=1S/C64H82Cl16/c1-3-50(66)20-5-22-52(68)24-7-26-54(70)28-9-30-56(72)32-11-34-58(74)36-13-38-60(76)40-15-42-62(78)44-17-46-64(80)48-18-47-63(79)45-16-43-61(77)41-14-39-59(75)37-12-35-57(73)33-10-31-55(71)29-8-27-53(69)25-6-23-51(67)21-4-19-49(2)65/h3,19,22-23,26-27,30-31,34-35,38-39,42-43,46-47H,4-18,20-21,24-25,28-29,32-33,36-37,40-41,44-45,48H2,1-2H3. The minimum atomic E-state index is 0.710. The predicted octanol–water partition coefficient (Wildman–Crippen LogP) is 30.7. The first-order valence-electron chi connectivity index (χ1n) is 27.6. The average Bonchev–Trinajstić information content (AvgIpc) is 3.38. The zero-order valence-electron chi connectivity index (χ0n) is 46.5.